The van der Waals surface area contributed by atoms with E-state index in [-0.39, 0.29) is 18.9 Å². The van der Waals surface area contributed by atoms with Gasteiger partial charge in [0.1, 0.15) is 24.4 Å². The minimum atomic E-state index is -1.59. The zero-order valence-corrected chi connectivity index (χ0v) is 43.3. The minimum Gasteiger partial charge on any atom is -0.394 e. The molecule has 9 heteroatoms. The molecule has 7 unspecified atom stereocenters. The third-order valence-corrected chi connectivity index (χ3v) is 12.0. The molecule has 69 heavy (non-hydrogen) atoms. The van der Waals surface area contributed by atoms with Gasteiger partial charge in [0, 0.05) is 6.42 Å². The van der Waals surface area contributed by atoms with Gasteiger partial charge in [0.15, 0.2) is 6.29 Å². The summed E-state index contributed by atoms with van der Waals surface area (Å²) in [5, 5.41) is 54.4. The highest BCUT2D eigenvalue weighted by Crippen LogP contribution is 2.22. The van der Waals surface area contributed by atoms with Crippen molar-refractivity contribution >= 4 is 5.91 Å². The summed E-state index contributed by atoms with van der Waals surface area (Å²) in [6.45, 7) is 3.61. The number of hydrogen-bond acceptors (Lipinski definition) is 8. The topological polar surface area (TPSA) is 149 Å². The first-order chi connectivity index (χ1) is 33.8. The molecule has 0 radical (unpaired) electrons. The molecule has 1 aliphatic rings. The van der Waals surface area contributed by atoms with E-state index in [0.717, 1.165) is 83.5 Å². The molecule has 1 rings (SSSR count). The fraction of sp³-hybridized carbons (Fsp3) is 0.650. The van der Waals surface area contributed by atoms with Crippen LogP contribution in [0.15, 0.2) is 122 Å². The van der Waals surface area contributed by atoms with Crippen LogP contribution < -0.4 is 5.32 Å². The van der Waals surface area contributed by atoms with Gasteiger partial charge in [-0.3, -0.25) is 4.79 Å². The van der Waals surface area contributed by atoms with Crippen molar-refractivity contribution < 1.29 is 39.8 Å². The molecule has 6 N–H and O–H groups in total. The molecule has 0 spiro atoms. The smallest absolute Gasteiger partial charge is 0.220 e. The zero-order chi connectivity index (χ0) is 50.1. The van der Waals surface area contributed by atoms with E-state index < -0.39 is 49.5 Å². The molecule has 0 bridgehead atoms. The summed E-state index contributed by atoms with van der Waals surface area (Å²) >= 11 is 0. The Morgan fingerprint density at radius 3 is 1.39 bits per heavy atom. The molecule has 0 aromatic rings. The second-order valence-electron chi connectivity index (χ2n) is 18.3. The van der Waals surface area contributed by atoms with Crippen molar-refractivity contribution in [3.8, 4) is 0 Å². The van der Waals surface area contributed by atoms with Crippen LogP contribution in [-0.4, -0.2) is 87.5 Å². The monoisotopic (exact) mass is 962 g/mol. The number of unbranched alkanes of at least 4 members (excludes halogenated alkanes) is 16. The van der Waals surface area contributed by atoms with Gasteiger partial charge >= 0.3 is 0 Å². The largest absolute Gasteiger partial charge is 0.394 e. The van der Waals surface area contributed by atoms with E-state index in [2.05, 4.69) is 129 Å². The first-order valence-electron chi connectivity index (χ1n) is 27.3. The van der Waals surface area contributed by atoms with E-state index in [4.69, 9.17) is 9.47 Å². The third kappa shape index (κ3) is 38.0. The van der Waals surface area contributed by atoms with Gasteiger partial charge in [-0.2, -0.15) is 0 Å². The molecule has 7 atom stereocenters. The quantitative estimate of drug-likeness (QED) is 0.0261. The molecule has 1 aliphatic heterocycles. The van der Waals surface area contributed by atoms with Gasteiger partial charge in [-0.1, -0.05) is 212 Å². The van der Waals surface area contributed by atoms with Crippen molar-refractivity contribution in [2.24, 2.45) is 0 Å². The molecule has 1 amide bonds. The zero-order valence-electron chi connectivity index (χ0n) is 43.3. The predicted molar refractivity (Wildman–Crippen MR) is 290 cm³/mol. The number of rotatable bonds is 44. The Kier molecular flexibility index (Phi) is 44.5. The maximum Gasteiger partial charge on any atom is 0.220 e. The van der Waals surface area contributed by atoms with Crippen molar-refractivity contribution in [2.45, 2.75) is 236 Å². The standard InChI is InChI=1S/C60H99NO8/c1-3-5-7-9-11-13-15-17-19-21-23-24-25-26-27-28-29-30-32-34-36-38-40-42-44-46-48-50-56(64)61-53(52-68-60-59(67)58(66)57(65)55(51-62)69-60)54(63)49-47-45-43-41-39-37-35-33-31-22-20-18-16-14-12-10-8-6-4-2/h5,7,11,13,17,19,23-24,26-27,29-30,34,36,39-42,47,49,53-55,57-60,62-63,65-67H,3-4,6,8-10,12,14-16,18,20-22,25,28,31-33,35,37-38,43-46,48,50-52H2,1-2H3,(H,61,64)/b7-5-,13-11-,19-17-,24-23-,27-26-,30-29-,36-34-,41-39+,42-40-,49-47+. The van der Waals surface area contributed by atoms with Gasteiger partial charge in [0.05, 0.1) is 25.4 Å². The molecule has 1 saturated heterocycles. The first kappa shape index (κ1) is 63.6. The molecule has 1 fully saturated rings. The van der Waals surface area contributed by atoms with Crippen molar-refractivity contribution in [2.75, 3.05) is 13.2 Å². The van der Waals surface area contributed by atoms with Crippen molar-refractivity contribution in [1.29, 1.82) is 0 Å². The molecule has 0 aliphatic carbocycles. The number of hydrogen-bond donors (Lipinski definition) is 6. The molecular weight excluding hydrogens is 863 g/mol. The second kappa shape index (κ2) is 48.2. The fourth-order valence-corrected chi connectivity index (χ4v) is 7.72. The number of carbonyl (C=O) groups excluding carboxylic acids is 1. The number of carbonyl (C=O) groups is 1. The third-order valence-electron chi connectivity index (χ3n) is 12.0. The van der Waals surface area contributed by atoms with Gasteiger partial charge in [-0.15, -0.1) is 0 Å². The van der Waals surface area contributed by atoms with Crippen LogP contribution in [-0.2, 0) is 14.3 Å². The second-order valence-corrected chi connectivity index (χ2v) is 18.3. The number of allylic oxidation sites excluding steroid dienone is 19. The van der Waals surface area contributed by atoms with E-state index >= 15 is 0 Å². The predicted octanol–water partition coefficient (Wildman–Crippen LogP) is 13.2. The van der Waals surface area contributed by atoms with Gasteiger partial charge in [0.25, 0.3) is 0 Å². The highest BCUT2D eigenvalue weighted by atomic mass is 16.7. The summed E-state index contributed by atoms with van der Waals surface area (Å²) in [7, 11) is 0. The van der Waals surface area contributed by atoms with Crippen molar-refractivity contribution in [3.63, 3.8) is 0 Å². The lowest BCUT2D eigenvalue weighted by molar-refractivity contribution is -0.302. The van der Waals surface area contributed by atoms with E-state index in [9.17, 15) is 30.3 Å². The Hall–Kier alpha value is -3.41. The highest BCUT2D eigenvalue weighted by Gasteiger charge is 2.44. The van der Waals surface area contributed by atoms with E-state index in [1.807, 2.05) is 6.08 Å². The summed E-state index contributed by atoms with van der Waals surface area (Å²) < 4.78 is 11.2. The summed E-state index contributed by atoms with van der Waals surface area (Å²) in [5.41, 5.74) is 0. The lowest BCUT2D eigenvalue weighted by atomic mass is 9.99. The van der Waals surface area contributed by atoms with E-state index in [1.54, 1.807) is 6.08 Å². The molecule has 0 aromatic heterocycles. The maximum atomic E-state index is 13.0. The van der Waals surface area contributed by atoms with E-state index in [0.29, 0.717) is 6.42 Å². The van der Waals surface area contributed by atoms with E-state index in [1.165, 1.54) is 83.5 Å². The molecule has 392 valence electrons. The Bertz CT molecular complexity index is 1490. The van der Waals surface area contributed by atoms with Gasteiger partial charge in [0.2, 0.25) is 5.91 Å². The molecule has 9 nitrogen and oxygen atoms in total. The van der Waals surface area contributed by atoms with Crippen molar-refractivity contribution in [3.05, 3.63) is 122 Å². The van der Waals surface area contributed by atoms with Crippen LogP contribution in [0.5, 0.6) is 0 Å². The Labute approximate surface area is 420 Å². The Morgan fingerprint density at radius 2 is 0.913 bits per heavy atom. The van der Waals surface area contributed by atoms with Crippen LogP contribution in [0.4, 0.5) is 0 Å². The van der Waals surface area contributed by atoms with Crippen LogP contribution in [0, 0.1) is 0 Å². The van der Waals surface area contributed by atoms with Crippen LogP contribution in [0.2, 0.25) is 0 Å². The number of aliphatic hydroxyl groups is 5. The minimum absolute atomic E-state index is 0.227. The molecule has 0 saturated carbocycles. The average Bonchev–Trinajstić information content (AvgIpc) is 3.35. The van der Waals surface area contributed by atoms with Crippen molar-refractivity contribution in [1.82, 2.24) is 5.32 Å². The van der Waals surface area contributed by atoms with Crippen LogP contribution in [0.1, 0.15) is 194 Å². The maximum absolute atomic E-state index is 13.0. The summed E-state index contributed by atoms with van der Waals surface area (Å²) in [6.07, 6.45) is 65.4. The Morgan fingerprint density at radius 1 is 0.507 bits per heavy atom. The fourth-order valence-electron chi connectivity index (χ4n) is 7.72. The molecule has 0 aromatic carbocycles. The number of amides is 1. The highest BCUT2D eigenvalue weighted by molar-refractivity contribution is 5.76. The number of aliphatic hydroxyl groups excluding tert-OH is 5. The van der Waals surface area contributed by atoms with Gasteiger partial charge in [-0.25, -0.2) is 0 Å². The average molecular weight is 962 g/mol. The first-order valence-corrected chi connectivity index (χ1v) is 27.3. The Balaban J connectivity index is 2.35. The summed E-state index contributed by atoms with van der Waals surface area (Å²) in [5.74, 6) is -0.234. The lowest BCUT2D eigenvalue weighted by Crippen LogP contribution is -2.60. The SMILES string of the molecule is CC/C=C\C/C=C\C/C=C\C/C=C\C/C=C\C/C=C\C/C=C\C/C=C\CCCCC(=O)NC(COC1OC(CO)C(O)C(O)C1O)C(O)/C=C/CC/C=C/CCCCCCCCCCCCCCC. The lowest BCUT2D eigenvalue weighted by Gasteiger charge is -2.40. The summed E-state index contributed by atoms with van der Waals surface area (Å²) in [4.78, 5) is 13.0. The number of ether oxygens (including phenoxy) is 2. The number of nitrogens with one attached hydrogen (secondary N) is 1. The van der Waals surface area contributed by atoms with Crippen LogP contribution >= 0.6 is 0 Å². The molecular formula is C60H99NO8. The van der Waals surface area contributed by atoms with Gasteiger partial charge < -0.3 is 40.3 Å². The molecule has 1 heterocycles. The van der Waals surface area contributed by atoms with Gasteiger partial charge in [-0.05, 0) is 96.3 Å². The summed E-state index contributed by atoms with van der Waals surface area (Å²) in [6, 6.07) is -0.855. The van der Waals surface area contributed by atoms with Crippen LogP contribution in [0.25, 0.3) is 0 Å². The van der Waals surface area contributed by atoms with Crippen LogP contribution in [0.3, 0.4) is 0 Å². The normalized spacial score (nSPS) is 20.5.